The molecule has 3 aromatic carbocycles. The van der Waals surface area contributed by atoms with E-state index in [1.54, 1.807) is 43.5 Å². The van der Waals surface area contributed by atoms with Crippen LogP contribution in [0, 0.1) is 11.1 Å². The average molecular weight is 751 g/mol. The fraction of sp³-hybridized carbons (Fsp3) is 0.359. The van der Waals surface area contributed by atoms with Gasteiger partial charge in [0, 0.05) is 30.6 Å². The number of fused-ring (bicyclic) bond motifs is 3. The minimum atomic E-state index is -0.873. The standard InChI is InChI=1S/C39H41Cl2N3O8/c1-48-32-10-5-4-9-28(32)37(39(46)52-36-23-43-15-13-25(36)14-16-43)42-20-24-7-6-8-27(17-24)38(45)51-34(19-29-30(40)21-44(47)22-31(29)41)26-11-12-33(49-2)35(18-26)50-3/h4-12,17-18,21-22,25,34,36-37,42H,13-16,19-20,23H2,1-3H3/t34?,36-,37-/m0/s1. The van der Waals surface area contributed by atoms with Crippen molar-refractivity contribution in [1.82, 2.24) is 10.2 Å². The maximum atomic E-state index is 13.8. The molecule has 2 bridgehead atoms. The monoisotopic (exact) mass is 749 g/mol. The summed E-state index contributed by atoms with van der Waals surface area (Å²) in [5, 5.41) is 15.6. The van der Waals surface area contributed by atoms with Crippen molar-refractivity contribution in [2.75, 3.05) is 41.0 Å². The Bertz CT molecular complexity index is 1880. The van der Waals surface area contributed by atoms with Gasteiger partial charge in [-0.25, -0.2) is 9.59 Å². The molecule has 3 atom stereocenters. The minimum absolute atomic E-state index is 0.0727. The van der Waals surface area contributed by atoms with Crippen LogP contribution in [0.1, 0.15) is 57.6 Å². The Balaban J connectivity index is 1.22. The van der Waals surface area contributed by atoms with Gasteiger partial charge in [-0.15, -0.1) is 0 Å². The van der Waals surface area contributed by atoms with Gasteiger partial charge < -0.3 is 28.9 Å². The van der Waals surface area contributed by atoms with Crippen molar-refractivity contribution in [1.29, 1.82) is 0 Å². The molecule has 3 saturated heterocycles. The number of aromatic nitrogens is 1. The molecule has 0 radical (unpaired) electrons. The summed E-state index contributed by atoms with van der Waals surface area (Å²) in [4.78, 5) is 30.0. The topological polar surface area (TPSA) is 122 Å². The number of nitrogens with zero attached hydrogens (tertiary/aromatic N) is 2. The normalized spacial score (nSPS) is 19.0. The smallest absolute Gasteiger partial charge is 0.338 e. The van der Waals surface area contributed by atoms with Gasteiger partial charge in [-0.05, 0) is 73.3 Å². The second kappa shape index (κ2) is 16.9. The van der Waals surface area contributed by atoms with Gasteiger partial charge in [-0.3, -0.25) is 10.2 Å². The summed E-state index contributed by atoms with van der Waals surface area (Å²) < 4.78 is 29.3. The van der Waals surface area contributed by atoms with Crippen molar-refractivity contribution in [2.24, 2.45) is 5.92 Å². The molecule has 0 amide bonds. The van der Waals surface area contributed by atoms with Gasteiger partial charge in [0.1, 0.15) is 34.0 Å². The van der Waals surface area contributed by atoms with Gasteiger partial charge in [0.15, 0.2) is 23.9 Å². The molecule has 3 aliphatic heterocycles. The number of nitrogens with one attached hydrogen (secondary N) is 1. The van der Waals surface area contributed by atoms with E-state index in [2.05, 4.69) is 10.2 Å². The van der Waals surface area contributed by atoms with Crippen LogP contribution in [0.3, 0.4) is 0 Å². The second-order valence-corrected chi connectivity index (χ2v) is 13.7. The lowest BCUT2D eigenvalue weighted by atomic mass is 9.86. The first-order valence-corrected chi connectivity index (χ1v) is 17.8. The molecule has 0 spiro atoms. The van der Waals surface area contributed by atoms with E-state index in [4.69, 9.17) is 46.9 Å². The van der Waals surface area contributed by atoms with Crippen LogP contribution in [0.25, 0.3) is 0 Å². The second-order valence-electron chi connectivity index (χ2n) is 12.9. The molecule has 3 aliphatic rings. The third kappa shape index (κ3) is 8.56. The molecule has 52 heavy (non-hydrogen) atoms. The Morgan fingerprint density at radius 1 is 0.904 bits per heavy atom. The van der Waals surface area contributed by atoms with Gasteiger partial charge in [-0.1, -0.05) is 59.6 Å². The number of hydrogen-bond donors (Lipinski definition) is 1. The van der Waals surface area contributed by atoms with E-state index in [0.717, 1.165) is 38.0 Å². The van der Waals surface area contributed by atoms with E-state index in [0.29, 0.717) is 44.6 Å². The Morgan fingerprint density at radius 2 is 1.62 bits per heavy atom. The molecule has 13 heteroatoms. The number of para-hydroxylation sites is 1. The van der Waals surface area contributed by atoms with E-state index >= 15 is 0 Å². The fourth-order valence-electron chi connectivity index (χ4n) is 6.90. The summed E-state index contributed by atoms with van der Waals surface area (Å²) in [6, 6.07) is 18.7. The summed E-state index contributed by atoms with van der Waals surface area (Å²) in [7, 11) is 4.60. The molecule has 11 nitrogen and oxygen atoms in total. The molecular formula is C39H41Cl2N3O8. The van der Waals surface area contributed by atoms with Gasteiger partial charge in [-0.2, -0.15) is 4.73 Å². The number of methoxy groups -OCH3 is 3. The number of rotatable bonds is 14. The minimum Gasteiger partial charge on any atom is -0.619 e. The van der Waals surface area contributed by atoms with E-state index in [1.807, 2.05) is 30.3 Å². The summed E-state index contributed by atoms with van der Waals surface area (Å²) >= 11 is 12.8. The molecule has 0 aliphatic carbocycles. The first kappa shape index (κ1) is 37.2. The van der Waals surface area contributed by atoms with Crippen LogP contribution in [0.4, 0.5) is 0 Å². The van der Waals surface area contributed by atoms with Crippen molar-refractivity contribution in [2.45, 2.75) is 44.1 Å². The number of hydrogen-bond acceptors (Lipinski definition) is 10. The van der Waals surface area contributed by atoms with Crippen molar-refractivity contribution in [3.8, 4) is 17.2 Å². The lowest BCUT2D eigenvalue weighted by Crippen LogP contribution is -2.52. The Morgan fingerprint density at radius 3 is 2.29 bits per heavy atom. The highest BCUT2D eigenvalue weighted by molar-refractivity contribution is 6.35. The van der Waals surface area contributed by atoms with Crippen molar-refractivity contribution in [3.63, 3.8) is 0 Å². The molecule has 0 saturated carbocycles. The van der Waals surface area contributed by atoms with Crippen molar-refractivity contribution >= 4 is 35.1 Å². The number of benzene rings is 3. The van der Waals surface area contributed by atoms with Crippen LogP contribution in [0.2, 0.25) is 10.0 Å². The molecule has 7 rings (SSSR count). The zero-order valence-corrected chi connectivity index (χ0v) is 30.7. The summed E-state index contributed by atoms with van der Waals surface area (Å²) in [5.74, 6) is 0.874. The molecular weight excluding hydrogens is 709 g/mol. The summed E-state index contributed by atoms with van der Waals surface area (Å²) in [6.45, 7) is 3.05. The van der Waals surface area contributed by atoms with Crippen molar-refractivity contribution in [3.05, 3.63) is 122 Å². The lowest BCUT2D eigenvalue weighted by molar-refractivity contribution is -0.605. The predicted octanol–water partition coefficient (Wildman–Crippen LogP) is 6.26. The van der Waals surface area contributed by atoms with Gasteiger partial charge in [0.25, 0.3) is 0 Å². The zero-order chi connectivity index (χ0) is 36.8. The summed E-state index contributed by atoms with van der Waals surface area (Å²) in [5.41, 5.74) is 2.72. The van der Waals surface area contributed by atoms with E-state index < -0.39 is 18.1 Å². The number of ether oxygens (including phenoxy) is 5. The molecule has 4 heterocycles. The Hall–Kier alpha value is -4.55. The molecule has 4 aromatic rings. The van der Waals surface area contributed by atoms with Crippen LogP contribution in [-0.4, -0.2) is 63.9 Å². The third-order valence-corrected chi connectivity index (χ3v) is 10.3. The number of esters is 2. The van der Waals surface area contributed by atoms with E-state index in [-0.39, 0.29) is 40.6 Å². The fourth-order valence-corrected chi connectivity index (χ4v) is 7.50. The predicted molar refractivity (Wildman–Crippen MR) is 195 cm³/mol. The number of piperidine rings is 3. The van der Waals surface area contributed by atoms with Gasteiger partial charge in [0.2, 0.25) is 0 Å². The number of pyridine rings is 1. The first-order valence-electron chi connectivity index (χ1n) is 17.0. The quantitative estimate of drug-likeness (QED) is 0.0898. The van der Waals surface area contributed by atoms with Crippen LogP contribution < -0.4 is 24.3 Å². The van der Waals surface area contributed by atoms with Gasteiger partial charge in [0.05, 0.1) is 26.9 Å². The molecule has 1 N–H and O–H groups in total. The maximum absolute atomic E-state index is 13.8. The Kier molecular flexibility index (Phi) is 12.1. The number of carbonyl (C=O) groups is 2. The molecule has 1 aromatic heterocycles. The zero-order valence-electron chi connectivity index (χ0n) is 29.2. The highest BCUT2D eigenvalue weighted by atomic mass is 35.5. The van der Waals surface area contributed by atoms with Crippen LogP contribution in [0.15, 0.2) is 79.1 Å². The van der Waals surface area contributed by atoms with E-state index in [9.17, 15) is 14.8 Å². The van der Waals surface area contributed by atoms with Gasteiger partial charge >= 0.3 is 11.9 Å². The number of carbonyl (C=O) groups excluding carboxylic acids is 2. The molecule has 1 unspecified atom stereocenters. The van der Waals surface area contributed by atoms with E-state index in [1.165, 1.54) is 26.6 Å². The van der Waals surface area contributed by atoms with Crippen LogP contribution in [0.5, 0.6) is 17.2 Å². The molecule has 274 valence electrons. The Labute approximate surface area is 312 Å². The highest BCUT2D eigenvalue weighted by Crippen LogP contribution is 2.36. The molecule has 3 fully saturated rings. The maximum Gasteiger partial charge on any atom is 0.338 e. The van der Waals surface area contributed by atoms with Crippen molar-refractivity contribution < 1.29 is 38.0 Å². The number of halogens is 2. The first-order chi connectivity index (χ1) is 25.2. The lowest BCUT2D eigenvalue weighted by Gasteiger charge is -2.44. The van der Waals surface area contributed by atoms with Crippen LogP contribution >= 0.6 is 23.2 Å². The highest BCUT2D eigenvalue weighted by Gasteiger charge is 2.38. The van der Waals surface area contributed by atoms with Crippen LogP contribution in [-0.2, 0) is 27.2 Å². The largest absolute Gasteiger partial charge is 0.619 e. The summed E-state index contributed by atoms with van der Waals surface area (Å²) in [6.07, 6.45) is 3.46. The third-order valence-electron chi connectivity index (χ3n) is 9.70. The average Bonchev–Trinajstić information content (AvgIpc) is 3.16. The SMILES string of the molecule is COc1ccc(C(Cc2c(Cl)c[n+]([O-])cc2Cl)OC(=O)c2cccc(CN[C@H](C(=O)O[C@H]3CN4CCC3CC4)c3ccccc3OC)c2)cc1OC.